The molecule has 4 saturated carbocycles. The van der Waals surface area contributed by atoms with Gasteiger partial charge in [-0.2, -0.15) is 0 Å². The van der Waals surface area contributed by atoms with Gasteiger partial charge in [-0.25, -0.2) is 16.8 Å². The normalized spacial score (nSPS) is 20.3. The largest absolute Gasteiger partial charge is 0.748 e. The quantitative estimate of drug-likeness (QED) is 0.313. The van der Waals surface area contributed by atoms with Crippen LogP contribution in [0.15, 0.2) is 0 Å². The smallest absolute Gasteiger partial charge is 0.0975 e. The van der Waals surface area contributed by atoms with Crippen molar-refractivity contribution in [2.45, 2.75) is 126 Å². The van der Waals surface area contributed by atoms with E-state index < -0.39 is 30.7 Å². The molecule has 32 heavy (non-hydrogen) atoms. The van der Waals surface area contributed by atoms with Crippen LogP contribution in [-0.2, 0) is 54.4 Å². The molecule has 0 bridgehead atoms. The zero-order valence-corrected chi connectivity index (χ0v) is 23.7. The molecule has 0 aliphatic heterocycles. The second kappa shape index (κ2) is 22.3. The minimum absolute atomic E-state index is 0. The molecule has 0 radical (unpaired) electrons. The molecular formula is C20H46Fe2N2O6S2. The number of rotatable bonds is 2. The Bertz CT molecular complexity index is 532. The van der Waals surface area contributed by atoms with Crippen LogP contribution >= 0.6 is 0 Å². The molecule has 0 aromatic rings. The van der Waals surface area contributed by atoms with Gasteiger partial charge in [-0.1, -0.05) is 89.9 Å². The molecule has 4 aliphatic rings. The minimum Gasteiger partial charge on any atom is -0.748 e. The third-order valence-electron chi connectivity index (χ3n) is 5.92. The van der Waals surface area contributed by atoms with E-state index in [1.54, 1.807) is 0 Å². The summed E-state index contributed by atoms with van der Waals surface area (Å²) in [6.45, 7) is 0. The summed E-state index contributed by atoms with van der Waals surface area (Å²) < 4.78 is 61.7. The van der Waals surface area contributed by atoms with Gasteiger partial charge in [0.05, 0.1) is 20.2 Å². The molecule has 4 rings (SSSR count). The van der Waals surface area contributed by atoms with Crippen molar-refractivity contribution in [3.05, 3.63) is 0 Å². The fourth-order valence-corrected chi connectivity index (χ4v) is 5.94. The van der Waals surface area contributed by atoms with Gasteiger partial charge in [0.1, 0.15) is 0 Å². The van der Waals surface area contributed by atoms with Crippen LogP contribution < -0.4 is 12.3 Å². The molecule has 4 aliphatic carbocycles. The van der Waals surface area contributed by atoms with Gasteiger partial charge in [-0.05, 0) is 25.7 Å². The zero-order valence-electron chi connectivity index (χ0n) is 19.9. The number of hydrogen-bond donors (Lipinski definition) is 2. The van der Waals surface area contributed by atoms with Crippen molar-refractivity contribution < 1.29 is 60.1 Å². The SMILES string of the molecule is C1CCCC1.C1CCCC1.O=S(=O)([O-])C1CCCC1.O=S(=O)([O-])C1CCCC1.[Fe].[Fe].[NH4+].[NH4+]. The summed E-state index contributed by atoms with van der Waals surface area (Å²) in [5.74, 6) is 0. The Hall–Kier alpha value is 0.779. The minimum atomic E-state index is -3.95. The summed E-state index contributed by atoms with van der Waals surface area (Å²) in [7, 11) is -7.91. The van der Waals surface area contributed by atoms with Crippen LogP contribution in [0.25, 0.3) is 0 Å². The van der Waals surface area contributed by atoms with Crippen LogP contribution in [0.3, 0.4) is 0 Å². The summed E-state index contributed by atoms with van der Waals surface area (Å²) in [6.07, 6.45) is 20.9. The summed E-state index contributed by atoms with van der Waals surface area (Å²) in [4.78, 5) is 0. The molecule has 0 aromatic carbocycles. The van der Waals surface area contributed by atoms with Crippen molar-refractivity contribution in [1.29, 1.82) is 0 Å². The Morgan fingerprint density at radius 2 is 0.562 bits per heavy atom. The van der Waals surface area contributed by atoms with E-state index in [4.69, 9.17) is 0 Å². The van der Waals surface area contributed by atoms with Gasteiger partial charge in [0.15, 0.2) is 0 Å². The van der Waals surface area contributed by atoms with Gasteiger partial charge in [0, 0.05) is 44.6 Å². The Morgan fingerprint density at radius 1 is 0.406 bits per heavy atom. The monoisotopic (exact) mass is 586 g/mol. The molecule has 0 spiro atoms. The van der Waals surface area contributed by atoms with Crippen LogP contribution in [-0.4, -0.2) is 36.4 Å². The Kier molecular flexibility index (Phi) is 27.8. The molecule has 0 heterocycles. The first-order valence-corrected chi connectivity index (χ1v) is 14.0. The molecule has 0 saturated heterocycles. The predicted molar refractivity (Wildman–Crippen MR) is 122 cm³/mol. The first kappa shape index (κ1) is 40.0. The molecule has 0 atom stereocenters. The summed E-state index contributed by atoms with van der Waals surface area (Å²) in [6, 6.07) is 0. The number of quaternary nitrogens is 2. The van der Waals surface area contributed by atoms with Crippen molar-refractivity contribution in [1.82, 2.24) is 12.3 Å². The molecular weight excluding hydrogens is 540 g/mol. The Morgan fingerprint density at radius 3 is 0.656 bits per heavy atom. The van der Waals surface area contributed by atoms with E-state index >= 15 is 0 Å². The van der Waals surface area contributed by atoms with E-state index in [9.17, 15) is 25.9 Å². The third kappa shape index (κ3) is 20.2. The average Bonchev–Trinajstić information content (AvgIpc) is 3.50. The maximum absolute atomic E-state index is 10.3. The molecule has 8 N–H and O–H groups in total. The van der Waals surface area contributed by atoms with Gasteiger partial charge < -0.3 is 21.4 Å². The fourth-order valence-electron chi connectivity index (χ4n) is 4.12. The Labute approximate surface area is 217 Å². The average molecular weight is 586 g/mol. The maximum Gasteiger partial charge on any atom is 0.0975 e. The van der Waals surface area contributed by atoms with Crippen molar-refractivity contribution in [2.75, 3.05) is 0 Å². The third-order valence-corrected chi connectivity index (χ3v) is 8.50. The van der Waals surface area contributed by atoms with Crippen LogP contribution in [0.1, 0.15) is 116 Å². The van der Waals surface area contributed by atoms with Crippen molar-refractivity contribution in [3.8, 4) is 0 Å². The maximum atomic E-state index is 10.3. The van der Waals surface area contributed by atoms with Gasteiger partial charge in [-0.15, -0.1) is 0 Å². The van der Waals surface area contributed by atoms with E-state index in [1.807, 2.05) is 0 Å². The van der Waals surface area contributed by atoms with Crippen molar-refractivity contribution >= 4 is 20.2 Å². The van der Waals surface area contributed by atoms with Gasteiger partial charge in [-0.3, -0.25) is 0 Å². The summed E-state index contributed by atoms with van der Waals surface area (Å²) >= 11 is 0. The molecule has 0 aromatic heterocycles. The van der Waals surface area contributed by atoms with Crippen LogP contribution in [0.2, 0.25) is 0 Å². The van der Waals surface area contributed by atoms with E-state index in [-0.39, 0.29) is 46.4 Å². The van der Waals surface area contributed by atoms with Gasteiger partial charge in [0.2, 0.25) is 0 Å². The van der Waals surface area contributed by atoms with E-state index in [0.29, 0.717) is 25.7 Å². The molecule has 200 valence electrons. The predicted octanol–water partition coefficient (Wildman–Crippen LogP) is 5.60. The zero-order chi connectivity index (χ0) is 20.9. The van der Waals surface area contributed by atoms with Gasteiger partial charge >= 0.3 is 0 Å². The second-order valence-electron chi connectivity index (χ2n) is 8.33. The van der Waals surface area contributed by atoms with Gasteiger partial charge in [0.25, 0.3) is 0 Å². The topological polar surface area (TPSA) is 187 Å². The first-order chi connectivity index (χ1) is 13.2. The van der Waals surface area contributed by atoms with E-state index in [0.717, 1.165) is 25.7 Å². The van der Waals surface area contributed by atoms with E-state index in [2.05, 4.69) is 0 Å². The van der Waals surface area contributed by atoms with Crippen LogP contribution in [0, 0.1) is 0 Å². The van der Waals surface area contributed by atoms with Crippen LogP contribution in [0.5, 0.6) is 0 Å². The molecule has 0 unspecified atom stereocenters. The van der Waals surface area contributed by atoms with E-state index in [1.165, 1.54) is 64.2 Å². The molecule has 8 nitrogen and oxygen atoms in total. The second-order valence-corrected chi connectivity index (χ2v) is 11.6. The molecule has 4 fully saturated rings. The van der Waals surface area contributed by atoms with Crippen molar-refractivity contribution in [2.24, 2.45) is 0 Å². The van der Waals surface area contributed by atoms with Crippen LogP contribution in [0.4, 0.5) is 0 Å². The van der Waals surface area contributed by atoms with Crippen molar-refractivity contribution in [3.63, 3.8) is 0 Å². The molecule has 12 heteroatoms. The number of hydrogen-bond acceptors (Lipinski definition) is 6. The molecule has 0 amide bonds. The fraction of sp³-hybridized carbons (Fsp3) is 1.00. The summed E-state index contributed by atoms with van der Waals surface area (Å²) in [5, 5.41) is -1.14. The Balaban J connectivity index is -0.000000161. The standard InChI is InChI=1S/2C5H10O3S.2C5H10.2Fe.2H3N/c2*6-9(7,8)5-3-1-2-4-5;2*1-2-4-5-3-1;;;;/h2*5H,1-4H2,(H,6,7,8);2*1-5H2;;;2*1H3. The first-order valence-electron chi connectivity index (χ1n) is 11.1. The summed E-state index contributed by atoms with van der Waals surface area (Å²) in [5.41, 5.74) is 0.